The van der Waals surface area contributed by atoms with E-state index < -0.39 is 0 Å². The smallest absolute Gasteiger partial charge is 0.260 e. The number of nitrogens with two attached hydrogens (primary N) is 1. The molecule has 0 bridgehead atoms. The zero-order chi connectivity index (χ0) is 15.0. The fourth-order valence-electron chi connectivity index (χ4n) is 1.94. The van der Waals surface area contributed by atoms with Gasteiger partial charge in [-0.25, -0.2) is 4.98 Å². The Hall–Kier alpha value is -2.05. The Labute approximate surface area is 133 Å². The van der Waals surface area contributed by atoms with Crippen LogP contribution in [0.3, 0.4) is 0 Å². The van der Waals surface area contributed by atoms with Crippen molar-refractivity contribution in [1.29, 1.82) is 0 Å². The molecule has 0 saturated carbocycles. The molecule has 4 N–H and O–H groups in total. The van der Waals surface area contributed by atoms with Crippen LogP contribution in [0.15, 0.2) is 45.7 Å². The van der Waals surface area contributed by atoms with Crippen LogP contribution in [0.1, 0.15) is 0 Å². The molecule has 0 radical (unpaired) electrons. The number of hydrogen-bond donors (Lipinski definition) is 3. The molecule has 0 aliphatic rings. The number of aromatic amines is 1. The van der Waals surface area contributed by atoms with E-state index >= 15 is 0 Å². The Morgan fingerprint density at radius 1 is 1.29 bits per heavy atom. The Morgan fingerprint density at radius 3 is 2.90 bits per heavy atom. The quantitative estimate of drug-likeness (QED) is 0.605. The second-order valence-corrected chi connectivity index (χ2v) is 5.62. The number of hydrogen-bond acceptors (Lipinski definition) is 4. The topological polar surface area (TPSA) is 83.8 Å². The summed E-state index contributed by atoms with van der Waals surface area (Å²) in [6.07, 6.45) is 0. The van der Waals surface area contributed by atoms with Crippen molar-refractivity contribution in [1.82, 2.24) is 9.97 Å². The van der Waals surface area contributed by atoms with Crippen molar-refractivity contribution in [2.75, 3.05) is 11.1 Å². The van der Waals surface area contributed by atoms with E-state index in [1.165, 1.54) is 0 Å². The van der Waals surface area contributed by atoms with Crippen molar-refractivity contribution in [3.8, 4) is 0 Å². The molecule has 106 valence electrons. The lowest BCUT2D eigenvalue weighted by molar-refractivity contribution is 1.17. The highest BCUT2D eigenvalue weighted by atomic mass is 79.9. The Balaban J connectivity index is 2.08. The Bertz CT molecular complexity index is 894. The van der Waals surface area contributed by atoms with Gasteiger partial charge in [-0.1, -0.05) is 17.7 Å². The van der Waals surface area contributed by atoms with Crippen LogP contribution in [0.4, 0.5) is 17.3 Å². The number of nitrogens with zero attached hydrogens (tertiary/aromatic N) is 1. The summed E-state index contributed by atoms with van der Waals surface area (Å²) in [5.41, 5.74) is 7.21. The van der Waals surface area contributed by atoms with Gasteiger partial charge in [0.25, 0.3) is 5.56 Å². The molecule has 0 spiro atoms. The number of aromatic nitrogens is 2. The monoisotopic (exact) mass is 364 g/mol. The van der Waals surface area contributed by atoms with Crippen LogP contribution in [0.25, 0.3) is 10.9 Å². The van der Waals surface area contributed by atoms with Gasteiger partial charge in [0.2, 0.25) is 5.95 Å². The van der Waals surface area contributed by atoms with E-state index in [2.05, 4.69) is 31.2 Å². The predicted molar refractivity (Wildman–Crippen MR) is 89.2 cm³/mol. The molecular weight excluding hydrogens is 356 g/mol. The van der Waals surface area contributed by atoms with Gasteiger partial charge in [-0.15, -0.1) is 0 Å². The summed E-state index contributed by atoms with van der Waals surface area (Å²) in [4.78, 5) is 19.1. The van der Waals surface area contributed by atoms with Gasteiger partial charge in [-0.2, -0.15) is 0 Å². The molecule has 3 rings (SSSR count). The average Bonchev–Trinajstić information content (AvgIpc) is 2.45. The highest BCUT2D eigenvalue weighted by Gasteiger charge is 2.08. The summed E-state index contributed by atoms with van der Waals surface area (Å²) in [5.74, 6) is 0.334. The van der Waals surface area contributed by atoms with E-state index in [0.29, 0.717) is 37.7 Å². The van der Waals surface area contributed by atoms with Crippen molar-refractivity contribution in [3.63, 3.8) is 0 Å². The normalized spacial score (nSPS) is 10.8. The fourth-order valence-corrected chi connectivity index (χ4v) is 2.48. The number of nitrogen functional groups attached to an aromatic ring is 1. The second-order valence-electron chi connectivity index (χ2n) is 4.42. The maximum atomic E-state index is 12.1. The van der Waals surface area contributed by atoms with Crippen LogP contribution in [0.2, 0.25) is 5.02 Å². The lowest BCUT2D eigenvalue weighted by Crippen LogP contribution is -2.11. The minimum atomic E-state index is -0.257. The molecule has 0 aliphatic carbocycles. The van der Waals surface area contributed by atoms with Crippen molar-refractivity contribution in [2.45, 2.75) is 0 Å². The van der Waals surface area contributed by atoms with E-state index in [0.717, 1.165) is 0 Å². The molecule has 0 amide bonds. The highest BCUT2D eigenvalue weighted by Crippen LogP contribution is 2.31. The van der Waals surface area contributed by atoms with E-state index in [1.807, 2.05) is 6.07 Å². The van der Waals surface area contributed by atoms with Crippen molar-refractivity contribution in [3.05, 3.63) is 56.2 Å². The fraction of sp³-hybridized carbons (Fsp3) is 0. The van der Waals surface area contributed by atoms with Crippen LogP contribution in [-0.4, -0.2) is 9.97 Å². The van der Waals surface area contributed by atoms with E-state index in [4.69, 9.17) is 17.3 Å². The third-order valence-electron chi connectivity index (χ3n) is 2.93. The summed E-state index contributed by atoms with van der Waals surface area (Å²) < 4.78 is 0.701. The van der Waals surface area contributed by atoms with Crippen molar-refractivity contribution >= 4 is 55.8 Å². The summed E-state index contributed by atoms with van der Waals surface area (Å²) in [6.45, 7) is 0. The first-order valence-corrected chi connectivity index (χ1v) is 7.22. The molecule has 7 heteroatoms. The third kappa shape index (κ3) is 2.72. The lowest BCUT2D eigenvalue weighted by Gasteiger charge is -2.09. The van der Waals surface area contributed by atoms with Gasteiger partial charge in [-0.3, -0.25) is 9.78 Å². The first-order valence-electron chi connectivity index (χ1n) is 6.05. The van der Waals surface area contributed by atoms with Crippen LogP contribution in [0, 0.1) is 0 Å². The molecule has 0 unspecified atom stereocenters. The van der Waals surface area contributed by atoms with Gasteiger partial charge >= 0.3 is 0 Å². The van der Waals surface area contributed by atoms with E-state index in [1.54, 1.807) is 30.3 Å². The first-order chi connectivity index (χ1) is 10.0. The van der Waals surface area contributed by atoms with Gasteiger partial charge in [0.1, 0.15) is 0 Å². The van der Waals surface area contributed by atoms with Crippen molar-refractivity contribution < 1.29 is 0 Å². The SMILES string of the molecule is Nc1ccc2nc(Nc3cccc(Cl)c3Br)[nH]c(=O)c2c1. The number of rotatable bonds is 2. The second kappa shape index (κ2) is 5.38. The number of anilines is 3. The van der Waals surface area contributed by atoms with Crippen LogP contribution >= 0.6 is 27.5 Å². The van der Waals surface area contributed by atoms with Gasteiger partial charge < -0.3 is 11.1 Å². The maximum absolute atomic E-state index is 12.1. The maximum Gasteiger partial charge on any atom is 0.260 e. The summed E-state index contributed by atoms with van der Waals surface area (Å²) >= 11 is 9.42. The van der Waals surface area contributed by atoms with Crippen LogP contribution in [-0.2, 0) is 0 Å². The molecule has 0 saturated heterocycles. The molecule has 2 aromatic carbocycles. The summed E-state index contributed by atoms with van der Waals surface area (Å²) in [6, 6.07) is 10.4. The van der Waals surface area contributed by atoms with Gasteiger partial charge in [0.05, 0.1) is 26.1 Å². The largest absolute Gasteiger partial charge is 0.399 e. The number of H-pyrrole nitrogens is 1. The zero-order valence-corrected chi connectivity index (χ0v) is 13.0. The number of halogens is 2. The molecular formula is C14H10BrClN4O. The summed E-state index contributed by atoms with van der Waals surface area (Å²) in [5, 5.41) is 4.05. The Morgan fingerprint density at radius 2 is 2.10 bits per heavy atom. The minimum absolute atomic E-state index is 0.257. The zero-order valence-electron chi connectivity index (χ0n) is 10.7. The summed E-state index contributed by atoms with van der Waals surface area (Å²) in [7, 11) is 0. The molecule has 0 aliphatic heterocycles. The predicted octanol–water partition coefficient (Wildman–Crippen LogP) is 3.66. The highest BCUT2D eigenvalue weighted by molar-refractivity contribution is 9.10. The van der Waals surface area contributed by atoms with Crippen molar-refractivity contribution in [2.24, 2.45) is 0 Å². The lowest BCUT2D eigenvalue weighted by atomic mass is 10.2. The molecule has 3 aromatic rings. The standard InChI is InChI=1S/C14H10BrClN4O/c15-12-9(16)2-1-3-11(12)19-14-18-10-5-4-7(17)6-8(10)13(21)20-14/h1-6H,17H2,(H2,18,19,20,21). The number of benzene rings is 2. The van der Waals surface area contributed by atoms with Gasteiger partial charge in [-0.05, 0) is 46.3 Å². The van der Waals surface area contributed by atoms with E-state index in [-0.39, 0.29) is 5.56 Å². The molecule has 0 fully saturated rings. The molecule has 5 nitrogen and oxygen atoms in total. The Kier molecular flexibility index (Phi) is 3.57. The minimum Gasteiger partial charge on any atom is -0.399 e. The first kappa shape index (κ1) is 13.9. The van der Waals surface area contributed by atoms with Gasteiger partial charge in [0, 0.05) is 5.69 Å². The van der Waals surface area contributed by atoms with Gasteiger partial charge in [0.15, 0.2) is 0 Å². The van der Waals surface area contributed by atoms with E-state index in [9.17, 15) is 4.79 Å². The average molecular weight is 366 g/mol. The van der Waals surface area contributed by atoms with Crippen LogP contribution < -0.4 is 16.6 Å². The molecule has 1 aromatic heterocycles. The molecule has 21 heavy (non-hydrogen) atoms. The van der Waals surface area contributed by atoms with Crippen LogP contribution in [0.5, 0.6) is 0 Å². The number of nitrogens with one attached hydrogen (secondary N) is 2. The molecule has 1 heterocycles. The molecule has 0 atom stereocenters. The third-order valence-corrected chi connectivity index (χ3v) is 4.33. The number of fused-ring (bicyclic) bond motifs is 1.